The third kappa shape index (κ3) is 4.45. The van der Waals surface area contributed by atoms with Gasteiger partial charge in [-0.15, -0.1) is 0 Å². The van der Waals surface area contributed by atoms with Crippen LogP contribution in [0.3, 0.4) is 0 Å². The summed E-state index contributed by atoms with van der Waals surface area (Å²) in [6.07, 6.45) is 1.97. The van der Waals surface area contributed by atoms with Crippen molar-refractivity contribution in [2.45, 2.75) is 31.8 Å². The van der Waals surface area contributed by atoms with Gasteiger partial charge in [0.2, 0.25) is 5.89 Å². The SMILES string of the molecule is c1ccc(CN2CCN(Cc3noc(C4CCOCC4)n3)CC2)cc1. The molecule has 0 saturated carbocycles. The fraction of sp³-hybridized carbons (Fsp3) is 0.579. The van der Waals surface area contributed by atoms with E-state index < -0.39 is 0 Å². The van der Waals surface area contributed by atoms with Crippen molar-refractivity contribution < 1.29 is 9.26 Å². The Kier molecular flexibility index (Phi) is 5.40. The van der Waals surface area contributed by atoms with Gasteiger partial charge in [0.15, 0.2) is 5.82 Å². The molecule has 134 valence electrons. The molecule has 0 aliphatic carbocycles. The Balaban J connectivity index is 1.25. The highest BCUT2D eigenvalue weighted by Gasteiger charge is 2.23. The predicted octanol–water partition coefficient (Wildman–Crippen LogP) is 2.28. The van der Waals surface area contributed by atoms with E-state index in [1.165, 1.54) is 5.56 Å². The fourth-order valence-electron chi connectivity index (χ4n) is 3.59. The number of aromatic nitrogens is 2. The number of hydrogen-bond donors (Lipinski definition) is 0. The molecule has 0 radical (unpaired) electrons. The Morgan fingerprint density at radius 1 is 0.920 bits per heavy atom. The van der Waals surface area contributed by atoms with E-state index in [4.69, 9.17) is 9.26 Å². The molecule has 0 N–H and O–H groups in total. The molecule has 0 bridgehead atoms. The van der Waals surface area contributed by atoms with Gasteiger partial charge in [0.05, 0.1) is 6.54 Å². The van der Waals surface area contributed by atoms with Gasteiger partial charge in [0.1, 0.15) is 0 Å². The van der Waals surface area contributed by atoms with Crippen LogP contribution in [-0.4, -0.2) is 59.3 Å². The zero-order valence-corrected chi connectivity index (χ0v) is 14.6. The summed E-state index contributed by atoms with van der Waals surface area (Å²) < 4.78 is 10.9. The first-order valence-corrected chi connectivity index (χ1v) is 9.26. The number of ether oxygens (including phenoxy) is 1. The summed E-state index contributed by atoms with van der Waals surface area (Å²) in [7, 11) is 0. The minimum absolute atomic E-state index is 0.373. The summed E-state index contributed by atoms with van der Waals surface area (Å²) in [6, 6.07) is 10.7. The van der Waals surface area contributed by atoms with Crippen LogP contribution in [0.4, 0.5) is 0 Å². The molecular weight excluding hydrogens is 316 g/mol. The molecule has 0 unspecified atom stereocenters. The monoisotopic (exact) mass is 342 g/mol. The second kappa shape index (κ2) is 8.08. The number of benzene rings is 1. The minimum Gasteiger partial charge on any atom is -0.381 e. The molecular formula is C19H26N4O2. The maximum absolute atomic E-state index is 5.49. The molecule has 2 aliphatic rings. The van der Waals surface area contributed by atoms with E-state index in [1.54, 1.807) is 0 Å². The molecule has 2 saturated heterocycles. The van der Waals surface area contributed by atoms with E-state index in [0.717, 1.165) is 77.0 Å². The van der Waals surface area contributed by atoms with Gasteiger partial charge in [-0.05, 0) is 18.4 Å². The smallest absolute Gasteiger partial charge is 0.229 e. The van der Waals surface area contributed by atoms with Crippen molar-refractivity contribution >= 4 is 0 Å². The molecule has 25 heavy (non-hydrogen) atoms. The number of piperazine rings is 1. The lowest BCUT2D eigenvalue weighted by Gasteiger charge is -2.34. The fourth-order valence-corrected chi connectivity index (χ4v) is 3.59. The lowest BCUT2D eigenvalue weighted by atomic mass is 10.0. The van der Waals surface area contributed by atoms with Gasteiger partial charge in [-0.2, -0.15) is 4.98 Å². The first-order chi connectivity index (χ1) is 12.4. The van der Waals surface area contributed by atoms with Gasteiger partial charge in [0.25, 0.3) is 0 Å². The van der Waals surface area contributed by atoms with Gasteiger partial charge >= 0.3 is 0 Å². The lowest BCUT2D eigenvalue weighted by Crippen LogP contribution is -2.45. The largest absolute Gasteiger partial charge is 0.381 e. The van der Waals surface area contributed by atoms with Crippen molar-refractivity contribution in [3.63, 3.8) is 0 Å². The molecule has 6 heteroatoms. The van der Waals surface area contributed by atoms with E-state index in [9.17, 15) is 0 Å². The van der Waals surface area contributed by atoms with Crippen LogP contribution in [0.1, 0.15) is 36.0 Å². The molecule has 2 aromatic rings. The molecule has 0 atom stereocenters. The van der Waals surface area contributed by atoms with Gasteiger partial charge in [0, 0.05) is 51.9 Å². The van der Waals surface area contributed by atoms with E-state index in [1.807, 2.05) is 0 Å². The van der Waals surface area contributed by atoms with E-state index in [2.05, 4.69) is 50.3 Å². The van der Waals surface area contributed by atoms with Gasteiger partial charge in [-0.1, -0.05) is 35.5 Å². The summed E-state index contributed by atoms with van der Waals surface area (Å²) in [5.41, 5.74) is 1.38. The minimum atomic E-state index is 0.373. The lowest BCUT2D eigenvalue weighted by molar-refractivity contribution is 0.0778. The molecule has 0 spiro atoms. The topological polar surface area (TPSA) is 54.6 Å². The highest BCUT2D eigenvalue weighted by Crippen LogP contribution is 2.25. The number of rotatable bonds is 5. The van der Waals surface area contributed by atoms with Gasteiger partial charge < -0.3 is 9.26 Å². The van der Waals surface area contributed by atoms with Crippen molar-refractivity contribution in [1.82, 2.24) is 19.9 Å². The summed E-state index contributed by atoms with van der Waals surface area (Å²) in [4.78, 5) is 9.55. The van der Waals surface area contributed by atoms with Crippen LogP contribution in [0.25, 0.3) is 0 Å². The Morgan fingerprint density at radius 2 is 1.60 bits per heavy atom. The van der Waals surface area contributed by atoms with E-state index >= 15 is 0 Å². The molecule has 2 aliphatic heterocycles. The third-order valence-electron chi connectivity index (χ3n) is 5.13. The average Bonchev–Trinajstić information content (AvgIpc) is 3.14. The standard InChI is InChI=1S/C19H26N4O2/c1-2-4-16(5-3-1)14-22-8-10-23(11-9-22)15-18-20-19(25-21-18)17-6-12-24-13-7-17/h1-5,17H,6-15H2. The molecule has 6 nitrogen and oxygen atoms in total. The zero-order valence-electron chi connectivity index (χ0n) is 14.6. The Morgan fingerprint density at radius 3 is 2.32 bits per heavy atom. The zero-order chi connectivity index (χ0) is 16.9. The summed E-state index contributed by atoms with van der Waals surface area (Å²) in [5.74, 6) is 1.98. The molecule has 0 amide bonds. The highest BCUT2D eigenvalue weighted by atomic mass is 16.5. The molecule has 1 aromatic heterocycles. The molecule has 1 aromatic carbocycles. The van der Waals surface area contributed by atoms with Crippen LogP contribution in [0.15, 0.2) is 34.9 Å². The van der Waals surface area contributed by atoms with E-state index in [-0.39, 0.29) is 0 Å². The first-order valence-electron chi connectivity index (χ1n) is 9.26. The number of nitrogens with zero attached hydrogens (tertiary/aromatic N) is 4. The maximum atomic E-state index is 5.49. The van der Waals surface area contributed by atoms with E-state index in [0.29, 0.717) is 5.92 Å². The summed E-state index contributed by atoms with van der Waals surface area (Å²) in [6.45, 7) is 7.68. The van der Waals surface area contributed by atoms with Crippen molar-refractivity contribution in [3.05, 3.63) is 47.6 Å². The van der Waals surface area contributed by atoms with Crippen LogP contribution in [0.5, 0.6) is 0 Å². The maximum Gasteiger partial charge on any atom is 0.229 e. The molecule has 2 fully saturated rings. The van der Waals surface area contributed by atoms with Crippen LogP contribution in [0, 0.1) is 0 Å². The molecule has 3 heterocycles. The van der Waals surface area contributed by atoms with Crippen molar-refractivity contribution in [2.75, 3.05) is 39.4 Å². The van der Waals surface area contributed by atoms with Crippen LogP contribution < -0.4 is 0 Å². The van der Waals surface area contributed by atoms with Crippen molar-refractivity contribution in [2.24, 2.45) is 0 Å². The Bertz CT molecular complexity index is 646. The van der Waals surface area contributed by atoms with Crippen molar-refractivity contribution in [1.29, 1.82) is 0 Å². The van der Waals surface area contributed by atoms with Gasteiger partial charge in [-0.3, -0.25) is 9.80 Å². The van der Waals surface area contributed by atoms with Crippen molar-refractivity contribution in [3.8, 4) is 0 Å². The Labute approximate surface area is 148 Å². The predicted molar refractivity (Wildman–Crippen MR) is 94.1 cm³/mol. The summed E-state index contributed by atoms with van der Waals surface area (Å²) in [5, 5.41) is 4.19. The third-order valence-corrected chi connectivity index (χ3v) is 5.13. The second-order valence-electron chi connectivity index (χ2n) is 6.97. The summed E-state index contributed by atoms with van der Waals surface area (Å²) >= 11 is 0. The van der Waals surface area contributed by atoms with Crippen LogP contribution >= 0.6 is 0 Å². The average molecular weight is 342 g/mol. The first kappa shape index (κ1) is 16.7. The van der Waals surface area contributed by atoms with Crippen LogP contribution in [0.2, 0.25) is 0 Å². The normalized spacial score (nSPS) is 20.8. The number of hydrogen-bond acceptors (Lipinski definition) is 6. The highest BCUT2D eigenvalue weighted by molar-refractivity contribution is 5.14. The van der Waals surface area contributed by atoms with Gasteiger partial charge in [-0.25, -0.2) is 0 Å². The second-order valence-corrected chi connectivity index (χ2v) is 6.97. The molecule has 4 rings (SSSR count). The quantitative estimate of drug-likeness (QED) is 0.831. The Hall–Kier alpha value is -1.76. The van der Waals surface area contributed by atoms with Crippen LogP contribution in [-0.2, 0) is 17.8 Å².